The summed E-state index contributed by atoms with van der Waals surface area (Å²) in [5.74, 6) is -1.15. The van der Waals surface area contributed by atoms with Gasteiger partial charge in [-0.3, -0.25) is 14.4 Å². The van der Waals surface area contributed by atoms with Crippen LogP contribution >= 0.6 is 0 Å². The maximum Gasteiger partial charge on any atom is 0.243 e. The summed E-state index contributed by atoms with van der Waals surface area (Å²) in [4.78, 5) is 38.2. The van der Waals surface area contributed by atoms with Crippen LogP contribution in [0.2, 0.25) is 0 Å². The quantitative estimate of drug-likeness (QED) is 0.810. The van der Waals surface area contributed by atoms with Crippen LogP contribution in [0.1, 0.15) is 28.8 Å². The smallest absolute Gasteiger partial charge is 0.243 e. The molecule has 0 radical (unpaired) electrons. The first kappa shape index (κ1) is 17.8. The molecule has 0 aromatic heterocycles. The fourth-order valence-corrected chi connectivity index (χ4v) is 3.01. The third-order valence-corrected chi connectivity index (χ3v) is 4.42. The van der Waals surface area contributed by atoms with Crippen LogP contribution in [-0.4, -0.2) is 35.1 Å². The first-order valence-corrected chi connectivity index (χ1v) is 8.44. The van der Waals surface area contributed by atoms with Crippen LogP contribution in [0.3, 0.4) is 0 Å². The molecule has 2 amide bonds. The number of rotatable bonds is 6. The SMILES string of the molecule is O=C(CNC(=O)C1CCC(=O)N1Cc1ccccc1)c1ccc(F)cc1. The first-order valence-electron chi connectivity index (χ1n) is 8.44. The third-order valence-electron chi connectivity index (χ3n) is 4.42. The number of halogens is 1. The van der Waals surface area contributed by atoms with Gasteiger partial charge in [-0.05, 0) is 36.2 Å². The first-order chi connectivity index (χ1) is 12.5. The molecule has 3 rings (SSSR count). The molecular weight excluding hydrogens is 335 g/mol. The summed E-state index contributed by atoms with van der Waals surface area (Å²) in [7, 11) is 0. The molecule has 2 aromatic rings. The Hall–Kier alpha value is -3.02. The fraction of sp³-hybridized carbons (Fsp3) is 0.250. The Morgan fingerprint density at radius 3 is 2.46 bits per heavy atom. The van der Waals surface area contributed by atoms with Crippen molar-refractivity contribution in [3.8, 4) is 0 Å². The molecule has 1 aliphatic heterocycles. The number of ketones is 1. The number of nitrogens with zero attached hydrogens (tertiary/aromatic N) is 1. The van der Waals surface area contributed by atoms with E-state index < -0.39 is 11.9 Å². The topological polar surface area (TPSA) is 66.5 Å². The van der Waals surface area contributed by atoms with Gasteiger partial charge in [-0.25, -0.2) is 4.39 Å². The van der Waals surface area contributed by atoms with Crippen molar-refractivity contribution in [2.24, 2.45) is 0 Å². The second kappa shape index (κ2) is 7.91. The predicted octanol–water partition coefficient (Wildman–Crippen LogP) is 2.32. The number of hydrogen-bond acceptors (Lipinski definition) is 3. The molecule has 134 valence electrons. The molecule has 2 aromatic carbocycles. The Labute approximate surface area is 150 Å². The monoisotopic (exact) mass is 354 g/mol. The normalized spacial score (nSPS) is 16.6. The van der Waals surface area contributed by atoms with Crippen molar-refractivity contribution < 1.29 is 18.8 Å². The molecule has 1 atom stereocenters. The molecule has 1 unspecified atom stereocenters. The Morgan fingerprint density at radius 1 is 1.08 bits per heavy atom. The zero-order valence-corrected chi connectivity index (χ0v) is 14.2. The van der Waals surface area contributed by atoms with E-state index in [2.05, 4.69) is 5.32 Å². The maximum atomic E-state index is 12.9. The Balaban J connectivity index is 1.60. The van der Waals surface area contributed by atoms with Gasteiger partial charge < -0.3 is 10.2 Å². The molecule has 1 N–H and O–H groups in total. The summed E-state index contributed by atoms with van der Waals surface area (Å²) in [6.45, 7) is 0.179. The van der Waals surface area contributed by atoms with Gasteiger partial charge in [0.1, 0.15) is 11.9 Å². The lowest BCUT2D eigenvalue weighted by Gasteiger charge is -2.24. The van der Waals surface area contributed by atoms with Gasteiger partial charge in [0.05, 0.1) is 6.54 Å². The average Bonchev–Trinajstić information content (AvgIpc) is 3.01. The minimum Gasteiger partial charge on any atom is -0.347 e. The lowest BCUT2D eigenvalue weighted by atomic mass is 10.1. The van der Waals surface area contributed by atoms with Gasteiger partial charge >= 0.3 is 0 Å². The standard InChI is InChI=1S/C20H19FN2O3/c21-16-8-6-15(7-9-16)18(24)12-22-20(26)17-10-11-19(25)23(17)13-14-4-2-1-3-5-14/h1-9,17H,10-13H2,(H,22,26). The van der Waals surface area contributed by atoms with Crippen LogP contribution in [0.5, 0.6) is 0 Å². The summed E-state index contributed by atoms with van der Waals surface area (Å²) in [5, 5.41) is 2.60. The molecule has 0 spiro atoms. The summed E-state index contributed by atoms with van der Waals surface area (Å²) < 4.78 is 12.9. The highest BCUT2D eigenvalue weighted by Crippen LogP contribution is 2.21. The third kappa shape index (κ3) is 4.14. The molecule has 1 saturated heterocycles. The second-order valence-corrected chi connectivity index (χ2v) is 6.21. The highest BCUT2D eigenvalue weighted by Gasteiger charge is 2.35. The van der Waals surface area contributed by atoms with Crippen LogP contribution in [0.25, 0.3) is 0 Å². The van der Waals surface area contributed by atoms with Crippen molar-refractivity contribution in [1.82, 2.24) is 10.2 Å². The number of Topliss-reactive ketones (excluding diaryl/α,β-unsaturated/α-hetero) is 1. The zero-order chi connectivity index (χ0) is 18.5. The molecule has 1 heterocycles. The summed E-state index contributed by atoms with van der Waals surface area (Å²) in [5.41, 5.74) is 1.28. The number of amides is 2. The molecule has 26 heavy (non-hydrogen) atoms. The van der Waals surface area contributed by atoms with E-state index in [0.29, 0.717) is 24.9 Å². The van der Waals surface area contributed by atoms with E-state index >= 15 is 0 Å². The number of benzene rings is 2. The highest BCUT2D eigenvalue weighted by molar-refractivity contribution is 6.00. The lowest BCUT2D eigenvalue weighted by Crippen LogP contribution is -2.45. The van der Waals surface area contributed by atoms with Crippen LogP contribution < -0.4 is 5.32 Å². The summed E-state index contributed by atoms with van der Waals surface area (Å²) in [6.07, 6.45) is 0.749. The van der Waals surface area contributed by atoms with Crippen molar-refractivity contribution in [2.75, 3.05) is 6.54 Å². The van der Waals surface area contributed by atoms with E-state index in [9.17, 15) is 18.8 Å². The fourth-order valence-electron chi connectivity index (χ4n) is 3.01. The van der Waals surface area contributed by atoms with E-state index in [-0.39, 0.29) is 24.1 Å². The number of carbonyl (C=O) groups is 3. The van der Waals surface area contributed by atoms with Gasteiger partial charge in [0.25, 0.3) is 0 Å². The minimum atomic E-state index is -0.580. The minimum absolute atomic E-state index is 0.0705. The van der Waals surface area contributed by atoms with Crippen LogP contribution in [0.15, 0.2) is 54.6 Å². The molecule has 1 aliphatic rings. The lowest BCUT2D eigenvalue weighted by molar-refractivity contribution is -0.135. The second-order valence-electron chi connectivity index (χ2n) is 6.21. The van der Waals surface area contributed by atoms with E-state index in [1.165, 1.54) is 24.3 Å². The van der Waals surface area contributed by atoms with E-state index in [4.69, 9.17) is 0 Å². The largest absolute Gasteiger partial charge is 0.347 e. The summed E-state index contributed by atoms with van der Waals surface area (Å²) in [6, 6.07) is 14.0. The molecule has 0 aliphatic carbocycles. The van der Waals surface area contributed by atoms with Crippen LogP contribution in [0, 0.1) is 5.82 Å². The molecular formula is C20H19FN2O3. The summed E-state index contributed by atoms with van der Waals surface area (Å²) >= 11 is 0. The molecule has 5 nitrogen and oxygen atoms in total. The zero-order valence-electron chi connectivity index (χ0n) is 14.2. The number of hydrogen-bond donors (Lipinski definition) is 1. The van der Waals surface area contributed by atoms with Crippen LogP contribution in [0.4, 0.5) is 4.39 Å². The number of nitrogens with one attached hydrogen (secondary N) is 1. The van der Waals surface area contributed by atoms with E-state index in [0.717, 1.165) is 5.56 Å². The maximum absolute atomic E-state index is 12.9. The van der Waals surface area contributed by atoms with Gasteiger partial charge in [-0.15, -0.1) is 0 Å². The molecule has 0 bridgehead atoms. The van der Waals surface area contributed by atoms with E-state index in [1.807, 2.05) is 30.3 Å². The van der Waals surface area contributed by atoms with Gasteiger partial charge in [0.2, 0.25) is 11.8 Å². The molecule has 6 heteroatoms. The van der Waals surface area contributed by atoms with Gasteiger partial charge in [0.15, 0.2) is 5.78 Å². The highest BCUT2D eigenvalue weighted by atomic mass is 19.1. The van der Waals surface area contributed by atoms with Gasteiger partial charge in [0, 0.05) is 18.5 Å². The Bertz CT molecular complexity index is 806. The van der Waals surface area contributed by atoms with Gasteiger partial charge in [-0.1, -0.05) is 30.3 Å². The van der Waals surface area contributed by atoms with Crippen molar-refractivity contribution >= 4 is 17.6 Å². The Morgan fingerprint density at radius 2 is 1.77 bits per heavy atom. The predicted molar refractivity (Wildman–Crippen MR) is 93.8 cm³/mol. The van der Waals surface area contributed by atoms with Crippen LogP contribution in [-0.2, 0) is 16.1 Å². The van der Waals surface area contributed by atoms with E-state index in [1.54, 1.807) is 4.90 Å². The number of carbonyl (C=O) groups excluding carboxylic acids is 3. The average molecular weight is 354 g/mol. The number of likely N-dealkylation sites (tertiary alicyclic amines) is 1. The van der Waals surface area contributed by atoms with Gasteiger partial charge in [-0.2, -0.15) is 0 Å². The van der Waals surface area contributed by atoms with Crippen molar-refractivity contribution in [2.45, 2.75) is 25.4 Å². The molecule has 0 saturated carbocycles. The van der Waals surface area contributed by atoms with Crippen molar-refractivity contribution in [3.63, 3.8) is 0 Å². The van der Waals surface area contributed by atoms with Crippen molar-refractivity contribution in [1.29, 1.82) is 0 Å². The molecule has 1 fully saturated rings. The Kier molecular flexibility index (Phi) is 5.41. The van der Waals surface area contributed by atoms with Crippen molar-refractivity contribution in [3.05, 3.63) is 71.5 Å².